The number of hydrogen-bond donors (Lipinski definition) is 2. The number of rotatable bonds is 5. The van der Waals surface area contributed by atoms with Gasteiger partial charge in [0.1, 0.15) is 0 Å². The second-order valence-corrected chi connectivity index (χ2v) is 7.63. The van der Waals surface area contributed by atoms with E-state index in [2.05, 4.69) is 40.4 Å². The van der Waals surface area contributed by atoms with Gasteiger partial charge in [-0.2, -0.15) is 0 Å². The summed E-state index contributed by atoms with van der Waals surface area (Å²) in [7, 11) is 1.56. The monoisotopic (exact) mass is 426 g/mol. The minimum Gasteiger partial charge on any atom is -0.481 e. The number of anilines is 2. The largest absolute Gasteiger partial charge is 0.481 e. The molecule has 1 aliphatic rings. The molecule has 0 atom stereocenters. The van der Waals surface area contributed by atoms with E-state index in [1.165, 1.54) is 0 Å². The van der Waals surface area contributed by atoms with Gasteiger partial charge in [-0.05, 0) is 54.2 Å². The van der Waals surface area contributed by atoms with E-state index in [4.69, 9.17) is 10.5 Å². The Balaban J connectivity index is 1.79. The van der Waals surface area contributed by atoms with Crippen molar-refractivity contribution in [2.24, 2.45) is 0 Å². The van der Waals surface area contributed by atoms with Gasteiger partial charge in [0.2, 0.25) is 5.88 Å². The number of nitrogens with two attached hydrogens (primary N) is 1. The lowest BCUT2D eigenvalue weighted by Gasteiger charge is -2.19. The molecule has 0 saturated heterocycles. The van der Waals surface area contributed by atoms with Crippen LogP contribution in [0.15, 0.2) is 66.6 Å². The first-order valence-corrected chi connectivity index (χ1v) is 10.6. The van der Waals surface area contributed by atoms with Gasteiger partial charge in [0, 0.05) is 29.6 Å². The van der Waals surface area contributed by atoms with Crippen molar-refractivity contribution in [3.05, 3.63) is 77.8 Å². The van der Waals surface area contributed by atoms with Crippen molar-refractivity contribution in [3.8, 4) is 17.0 Å². The quantitative estimate of drug-likeness (QED) is 0.574. The van der Waals surface area contributed by atoms with Crippen LogP contribution in [-0.4, -0.2) is 23.0 Å². The fourth-order valence-electron chi connectivity index (χ4n) is 3.90. The van der Waals surface area contributed by atoms with Crippen LogP contribution in [0.5, 0.6) is 5.88 Å². The molecule has 3 N–H and O–H groups in total. The number of carbonyl (C=O) groups is 1. The number of nitrogens with zero attached hydrogens (tertiary/aromatic N) is 2. The molecule has 0 aliphatic heterocycles. The number of hydrogen-bond acceptors (Lipinski definition) is 5. The molecule has 0 spiro atoms. The first kappa shape index (κ1) is 21.3. The lowest BCUT2D eigenvalue weighted by atomic mass is 9.87. The molecule has 2 heterocycles. The van der Waals surface area contributed by atoms with E-state index in [1.807, 2.05) is 18.2 Å². The van der Waals surface area contributed by atoms with Crippen LogP contribution < -0.4 is 15.8 Å². The normalized spacial score (nSPS) is 13.2. The molecule has 6 nitrogen and oxygen atoms in total. The Kier molecular flexibility index (Phi) is 6.31. The molecular weight excluding hydrogens is 400 g/mol. The molecule has 162 valence electrons. The summed E-state index contributed by atoms with van der Waals surface area (Å²) >= 11 is 0. The van der Waals surface area contributed by atoms with Crippen molar-refractivity contribution in [1.29, 1.82) is 0 Å². The summed E-state index contributed by atoms with van der Waals surface area (Å²) in [4.78, 5) is 21.9. The summed E-state index contributed by atoms with van der Waals surface area (Å²) in [6.45, 7) is 2.09. The molecule has 6 heteroatoms. The van der Waals surface area contributed by atoms with E-state index < -0.39 is 0 Å². The van der Waals surface area contributed by atoms with Crippen molar-refractivity contribution in [2.45, 2.75) is 26.2 Å². The highest BCUT2D eigenvalue weighted by atomic mass is 16.5. The van der Waals surface area contributed by atoms with Gasteiger partial charge in [0.25, 0.3) is 5.91 Å². The van der Waals surface area contributed by atoms with Crippen LogP contribution in [0.25, 0.3) is 22.8 Å². The average molecular weight is 427 g/mol. The van der Waals surface area contributed by atoms with Crippen molar-refractivity contribution in [1.82, 2.24) is 9.97 Å². The molecule has 0 fully saturated rings. The van der Waals surface area contributed by atoms with E-state index in [1.54, 1.807) is 37.8 Å². The van der Waals surface area contributed by atoms with Gasteiger partial charge >= 0.3 is 0 Å². The zero-order chi connectivity index (χ0) is 22.5. The maximum atomic E-state index is 13.5. The smallest absolute Gasteiger partial charge is 0.256 e. The minimum atomic E-state index is -0.145. The number of ether oxygens (including phenoxy) is 1. The second kappa shape index (κ2) is 9.47. The van der Waals surface area contributed by atoms with Gasteiger partial charge in [-0.25, -0.2) is 4.98 Å². The Labute approximate surface area is 187 Å². The van der Waals surface area contributed by atoms with E-state index in [0.717, 1.165) is 47.1 Å². The van der Waals surface area contributed by atoms with Crippen LogP contribution in [0.4, 0.5) is 11.4 Å². The summed E-state index contributed by atoms with van der Waals surface area (Å²) in [6.07, 6.45) is 11.8. The zero-order valence-corrected chi connectivity index (χ0v) is 18.3. The van der Waals surface area contributed by atoms with Gasteiger partial charge in [-0.3, -0.25) is 9.78 Å². The van der Waals surface area contributed by atoms with Gasteiger partial charge in [-0.1, -0.05) is 36.8 Å². The molecule has 2 aromatic heterocycles. The number of allylic oxidation sites excluding steroid dienone is 2. The molecule has 0 radical (unpaired) electrons. The minimum absolute atomic E-state index is 0.145. The van der Waals surface area contributed by atoms with Crippen LogP contribution in [0.3, 0.4) is 0 Å². The number of fused-ring (bicyclic) bond motifs is 1. The zero-order valence-electron chi connectivity index (χ0n) is 18.3. The number of nitrogen functional groups attached to an aromatic ring is 1. The molecule has 32 heavy (non-hydrogen) atoms. The fraction of sp³-hybridized carbons (Fsp3) is 0.192. The fourth-order valence-corrected chi connectivity index (χ4v) is 3.90. The van der Waals surface area contributed by atoms with Crippen LogP contribution in [0.2, 0.25) is 0 Å². The SMILES string of the molecule is CCC1=C(C(=O)Nc2ccc(OC)nc2)c2cc(-c3cncc(N)c3)ccc2C=CCC1. The van der Waals surface area contributed by atoms with Gasteiger partial charge < -0.3 is 15.8 Å². The average Bonchev–Trinajstić information content (AvgIpc) is 2.80. The molecule has 1 amide bonds. The number of nitrogens with one attached hydrogen (secondary N) is 1. The maximum absolute atomic E-state index is 13.5. The van der Waals surface area contributed by atoms with Crippen molar-refractivity contribution in [3.63, 3.8) is 0 Å². The summed E-state index contributed by atoms with van der Waals surface area (Å²) in [6, 6.07) is 11.5. The lowest BCUT2D eigenvalue weighted by Crippen LogP contribution is -2.17. The van der Waals surface area contributed by atoms with Gasteiger partial charge in [0.05, 0.1) is 24.7 Å². The third-order valence-corrected chi connectivity index (χ3v) is 5.54. The predicted molar refractivity (Wildman–Crippen MR) is 129 cm³/mol. The summed E-state index contributed by atoms with van der Waals surface area (Å²) < 4.78 is 5.11. The third-order valence-electron chi connectivity index (χ3n) is 5.54. The second-order valence-electron chi connectivity index (χ2n) is 7.63. The molecule has 4 rings (SSSR count). The molecule has 1 aromatic carbocycles. The topological polar surface area (TPSA) is 90.1 Å². The third kappa shape index (κ3) is 4.54. The van der Waals surface area contributed by atoms with E-state index in [-0.39, 0.29) is 5.91 Å². The predicted octanol–water partition coefficient (Wildman–Crippen LogP) is 5.34. The Hall–Kier alpha value is -3.93. The molecular formula is C26H26N4O2. The van der Waals surface area contributed by atoms with Crippen molar-refractivity contribution >= 4 is 28.9 Å². The van der Waals surface area contributed by atoms with E-state index >= 15 is 0 Å². The highest BCUT2D eigenvalue weighted by Gasteiger charge is 2.21. The Bertz CT molecular complexity index is 1200. The highest BCUT2D eigenvalue weighted by Crippen LogP contribution is 2.34. The first-order valence-electron chi connectivity index (χ1n) is 10.6. The van der Waals surface area contributed by atoms with Gasteiger partial charge in [0.15, 0.2) is 0 Å². The van der Waals surface area contributed by atoms with Gasteiger partial charge in [-0.15, -0.1) is 0 Å². The van der Waals surface area contributed by atoms with Crippen LogP contribution >= 0.6 is 0 Å². The molecule has 1 aliphatic carbocycles. The standard InChI is InChI=1S/C26H26N4O2/c1-3-17-6-4-5-7-18-8-9-19(20-12-21(27)15-28-14-20)13-23(18)25(17)26(31)30-22-10-11-24(32-2)29-16-22/h5,7-16H,3-4,6,27H2,1-2H3,(H,30,31). The molecule has 0 unspecified atom stereocenters. The van der Waals surface area contributed by atoms with E-state index in [9.17, 15) is 4.79 Å². The Morgan fingerprint density at radius 3 is 2.72 bits per heavy atom. The molecule has 3 aromatic rings. The highest BCUT2D eigenvalue weighted by molar-refractivity contribution is 6.27. The summed E-state index contributed by atoms with van der Waals surface area (Å²) in [5, 5.41) is 3.01. The Morgan fingerprint density at radius 2 is 2.00 bits per heavy atom. The van der Waals surface area contributed by atoms with Crippen molar-refractivity contribution < 1.29 is 9.53 Å². The molecule has 0 saturated carbocycles. The number of methoxy groups -OCH3 is 1. The number of carbonyl (C=O) groups excluding carboxylic acids is 1. The summed E-state index contributed by atoms with van der Waals surface area (Å²) in [5.74, 6) is 0.353. The number of benzene rings is 1. The first-order chi connectivity index (χ1) is 15.6. The van der Waals surface area contributed by atoms with Crippen LogP contribution in [-0.2, 0) is 4.79 Å². The number of pyridine rings is 2. The lowest BCUT2D eigenvalue weighted by molar-refractivity contribution is -0.111. The maximum Gasteiger partial charge on any atom is 0.256 e. The Morgan fingerprint density at radius 1 is 1.12 bits per heavy atom. The van der Waals surface area contributed by atoms with E-state index in [0.29, 0.717) is 22.8 Å². The molecule has 0 bridgehead atoms. The van der Waals surface area contributed by atoms with Crippen molar-refractivity contribution in [2.75, 3.05) is 18.2 Å². The van der Waals surface area contributed by atoms with Crippen LogP contribution in [0, 0.1) is 0 Å². The number of aromatic nitrogens is 2. The summed E-state index contributed by atoms with van der Waals surface area (Å²) in [5.41, 5.74) is 12.8. The van der Waals surface area contributed by atoms with Crippen LogP contribution in [0.1, 0.15) is 37.3 Å². The number of amides is 1.